The molecule has 0 bridgehead atoms. The molecule has 3 N–H and O–H groups in total. The zero-order valence-electron chi connectivity index (χ0n) is 19.2. The van der Waals surface area contributed by atoms with Crippen LogP contribution in [0, 0.1) is 0 Å². The second-order valence-electron chi connectivity index (χ2n) is 7.45. The number of ether oxygens (including phenoxy) is 2. The van der Waals surface area contributed by atoms with Gasteiger partial charge in [-0.2, -0.15) is 0 Å². The number of methoxy groups -OCH3 is 2. The molecule has 35 heavy (non-hydrogen) atoms. The highest BCUT2D eigenvalue weighted by atomic mass is 32.2. The SMILES string of the molecule is COc1cc(Nc2nc3ccccc3nc2NS(=O)(=O)c2cccc(NC(C)=O)c2)cc(OC)c1. The first-order valence-corrected chi connectivity index (χ1v) is 11.9. The Morgan fingerprint density at radius 3 is 2.03 bits per heavy atom. The second-order valence-corrected chi connectivity index (χ2v) is 9.13. The fourth-order valence-corrected chi connectivity index (χ4v) is 4.36. The lowest BCUT2D eigenvalue weighted by Crippen LogP contribution is -2.16. The Hall–Kier alpha value is -4.38. The van der Waals surface area contributed by atoms with Crippen LogP contribution in [0.3, 0.4) is 0 Å². The molecule has 1 aromatic heterocycles. The van der Waals surface area contributed by atoms with E-state index in [1.54, 1.807) is 42.5 Å². The summed E-state index contributed by atoms with van der Waals surface area (Å²) in [5.74, 6) is 0.944. The van der Waals surface area contributed by atoms with E-state index in [1.807, 2.05) is 6.07 Å². The third kappa shape index (κ3) is 5.58. The summed E-state index contributed by atoms with van der Waals surface area (Å²) >= 11 is 0. The van der Waals surface area contributed by atoms with Crippen LogP contribution < -0.4 is 24.8 Å². The van der Waals surface area contributed by atoms with Crippen LogP contribution >= 0.6 is 0 Å². The first kappa shape index (κ1) is 23.8. The molecule has 0 aliphatic rings. The zero-order chi connectivity index (χ0) is 25.0. The van der Waals surface area contributed by atoms with E-state index in [1.165, 1.54) is 39.3 Å². The normalized spacial score (nSPS) is 11.1. The summed E-state index contributed by atoms with van der Waals surface area (Å²) in [5, 5.41) is 5.68. The molecule has 1 amide bonds. The molecule has 0 saturated carbocycles. The molecule has 0 unspecified atom stereocenters. The van der Waals surface area contributed by atoms with Crippen molar-refractivity contribution >= 4 is 50.0 Å². The number of carbonyl (C=O) groups excluding carboxylic acids is 1. The van der Waals surface area contributed by atoms with Crippen LogP contribution in [0.15, 0.2) is 71.6 Å². The van der Waals surface area contributed by atoms with Gasteiger partial charge in [0.1, 0.15) is 11.5 Å². The van der Waals surface area contributed by atoms with Gasteiger partial charge in [-0.3, -0.25) is 9.52 Å². The summed E-state index contributed by atoms with van der Waals surface area (Å²) in [5.41, 5.74) is 1.98. The molecule has 0 atom stereocenters. The molecule has 0 fully saturated rings. The predicted octanol–water partition coefficient (Wildman–Crippen LogP) is 4.15. The molecular formula is C24H23N5O5S. The molecule has 0 aliphatic carbocycles. The van der Waals surface area contributed by atoms with Gasteiger partial charge in [-0.25, -0.2) is 18.4 Å². The van der Waals surface area contributed by atoms with Crippen LogP contribution in [0.25, 0.3) is 11.0 Å². The smallest absolute Gasteiger partial charge is 0.263 e. The highest BCUT2D eigenvalue weighted by Gasteiger charge is 2.20. The maximum absolute atomic E-state index is 13.2. The first-order valence-electron chi connectivity index (χ1n) is 10.4. The van der Waals surface area contributed by atoms with Gasteiger partial charge in [0.15, 0.2) is 11.6 Å². The summed E-state index contributed by atoms with van der Waals surface area (Å²) in [4.78, 5) is 20.4. The van der Waals surface area contributed by atoms with E-state index in [4.69, 9.17) is 9.47 Å². The monoisotopic (exact) mass is 493 g/mol. The number of benzene rings is 3. The number of anilines is 4. The van der Waals surface area contributed by atoms with Gasteiger partial charge >= 0.3 is 0 Å². The number of hydrogen-bond acceptors (Lipinski definition) is 8. The highest BCUT2D eigenvalue weighted by Crippen LogP contribution is 2.31. The maximum Gasteiger partial charge on any atom is 0.263 e. The minimum atomic E-state index is -4.07. The third-order valence-electron chi connectivity index (χ3n) is 4.88. The van der Waals surface area contributed by atoms with Crippen LogP contribution in [0.4, 0.5) is 23.0 Å². The lowest BCUT2D eigenvalue weighted by atomic mass is 10.2. The number of fused-ring (bicyclic) bond motifs is 1. The Bertz CT molecular complexity index is 1490. The van der Waals surface area contributed by atoms with E-state index < -0.39 is 10.0 Å². The van der Waals surface area contributed by atoms with Crippen molar-refractivity contribution in [1.29, 1.82) is 0 Å². The Balaban J connectivity index is 1.76. The predicted molar refractivity (Wildman–Crippen MR) is 134 cm³/mol. The Labute approximate surface area is 202 Å². The minimum absolute atomic E-state index is 0.00424. The molecule has 0 saturated heterocycles. The van der Waals surface area contributed by atoms with E-state index in [0.717, 1.165) is 0 Å². The topological polar surface area (TPSA) is 132 Å². The zero-order valence-corrected chi connectivity index (χ0v) is 20.0. The van der Waals surface area contributed by atoms with Crippen molar-refractivity contribution in [2.75, 3.05) is 29.6 Å². The average molecular weight is 494 g/mol. The fourth-order valence-electron chi connectivity index (χ4n) is 3.31. The van der Waals surface area contributed by atoms with E-state index in [0.29, 0.717) is 33.9 Å². The summed E-state index contributed by atoms with van der Waals surface area (Å²) in [6.45, 7) is 1.34. The van der Waals surface area contributed by atoms with Crippen LogP contribution in [0.1, 0.15) is 6.92 Å². The van der Waals surface area contributed by atoms with Gasteiger partial charge in [0.25, 0.3) is 10.0 Å². The molecule has 3 aromatic carbocycles. The number of aromatic nitrogens is 2. The van der Waals surface area contributed by atoms with Gasteiger partial charge in [-0.15, -0.1) is 0 Å². The molecule has 0 spiro atoms. The number of nitrogens with zero attached hydrogens (tertiary/aromatic N) is 2. The molecule has 4 rings (SSSR count). The number of amides is 1. The number of nitrogens with one attached hydrogen (secondary N) is 3. The van der Waals surface area contributed by atoms with Gasteiger partial charge in [0.2, 0.25) is 5.91 Å². The standard InChI is InChI=1S/C24H23N5O5S/c1-15(30)25-16-7-6-8-20(13-16)35(31,32)29-24-23(27-21-9-4-5-10-22(21)28-24)26-17-11-18(33-2)14-19(12-17)34-3/h4-14H,1-3H3,(H,25,30)(H,26,27)(H,28,29). The minimum Gasteiger partial charge on any atom is -0.497 e. The van der Waals surface area contributed by atoms with Crippen molar-refractivity contribution < 1.29 is 22.7 Å². The summed E-state index contributed by atoms with van der Waals surface area (Å²) in [6, 6.07) is 18.2. The number of rotatable bonds is 8. The van der Waals surface area contributed by atoms with Crippen molar-refractivity contribution in [2.45, 2.75) is 11.8 Å². The van der Waals surface area contributed by atoms with E-state index >= 15 is 0 Å². The van der Waals surface area contributed by atoms with Crippen molar-refractivity contribution in [3.05, 3.63) is 66.7 Å². The van der Waals surface area contributed by atoms with Gasteiger partial charge in [-0.05, 0) is 30.3 Å². The van der Waals surface area contributed by atoms with E-state index in [-0.39, 0.29) is 22.4 Å². The molecule has 4 aromatic rings. The number of carbonyl (C=O) groups is 1. The Morgan fingerprint density at radius 1 is 0.800 bits per heavy atom. The molecule has 0 radical (unpaired) electrons. The number of sulfonamides is 1. The molecule has 0 aliphatic heterocycles. The van der Waals surface area contributed by atoms with Crippen LogP contribution in [-0.4, -0.2) is 38.5 Å². The van der Waals surface area contributed by atoms with Gasteiger partial charge < -0.3 is 20.1 Å². The Kier molecular flexibility index (Phi) is 6.69. The third-order valence-corrected chi connectivity index (χ3v) is 6.22. The van der Waals surface area contributed by atoms with Crippen LogP contribution in [0.5, 0.6) is 11.5 Å². The molecule has 11 heteroatoms. The summed E-state index contributed by atoms with van der Waals surface area (Å²) < 4.78 is 39.6. The molecular weight excluding hydrogens is 470 g/mol. The fraction of sp³-hybridized carbons (Fsp3) is 0.125. The Morgan fingerprint density at radius 2 is 1.43 bits per heavy atom. The second kappa shape index (κ2) is 9.85. The van der Waals surface area contributed by atoms with Crippen LogP contribution in [0.2, 0.25) is 0 Å². The lowest BCUT2D eigenvalue weighted by molar-refractivity contribution is -0.114. The molecule has 1 heterocycles. The average Bonchev–Trinajstić information content (AvgIpc) is 2.83. The van der Waals surface area contributed by atoms with Crippen molar-refractivity contribution in [3.63, 3.8) is 0 Å². The summed E-state index contributed by atoms with van der Waals surface area (Å²) in [6.07, 6.45) is 0. The lowest BCUT2D eigenvalue weighted by Gasteiger charge is -2.15. The molecule has 10 nitrogen and oxygen atoms in total. The van der Waals surface area contributed by atoms with Crippen molar-refractivity contribution in [2.24, 2.45) is 0 Å². The van der Waals surface area contributed by atoms with Gasteiger partial charge in [0, 0.05) is 36.5 Å². The highest BCUT2D eigenvalue weighted by molar-refractivity contribution is 7.92. The summed E-state index contributed by atoms with van der Waals surface area (Å²) in [7, 11) is -1.01. The number of hydrogen-bond donors (Lipinski definition) is 3. The molecule has 180 valence electrons. The maximum atomic E-state index is 13.2. The van der Waals surface area contributed by atoms with Crippen molar-refractivity contribution in [3.8, 4) is 11.5 Å². The van der Waals surface area contributed by atoms with Crippen molar-refractivity contribution in [1.82, 2.24) is 9.97 Å². The van der Waals surface area contributed by atoms with E-state index in [9.17, 15) is 13.2 Å². The van der Waals surface area contributed by atoms with Crippen LogP contribution in [-0.2, 0) is 14.8 Å². The largest absolute Gasteiger partial charge is 0.497 e. The van der Waals surface area contributed by atoms with Gasteiger partial charge in [0.05, 0.1) is 30.1 Å². The number of para-hydroxylation sites is 2. The quantitative estimate of drug-likeness (QED) is 0.334. The van der Waals surface area contributed by atoms with Gasteiger partial charge in [-0.1, -0.05) is 18.2 Å². The van der Waals surface area contributed by atoms with E-state index in [2.05, 4.69) is 25.3 Å². The first-order chi connectivity index (χ1) is 16.8.